The average molecular weight is 300 g/mol. The van der Waals surface area contributed by atoms with Crippen LogP contribution in [0.2, 0.25) is 0 Å². The van der Waals surface area contributed by atoms with Crippen LogP contribution in [0, 0.1) is 0 Å². The van der Waals surface area contributed by atoms with Gasteiger partial charge in [-0.2, -0.15) is 4.37 Å². The number of fused-ring (bicyclic) bond motifs is 1. The first-order chi connectivity index (χ1) is 10.2. The smallest absolute Gasteiger partial charge is 0.273 e. The minimum Gasteiger partial charge on any atom is -0.358 e. The lowest BCUT2D eigenvalue weighted by molar-refractivity contribution is -0.121. The summed E-state index contributed by atoms with van der Waals surface area (Å²) in [4.78, 5) is 28.0. The number of likely N-dealkylation sites (N-methyl/N-ethyl adjacent to an activating group) is 1. The minimum absolute atomic E-state index is 0.0448. The maximum absolute atomic E-state index is 12.3. The molecule has 3 aromatic rings. The van der Waals surface area contributed by atoms with E-state index < -0.39 is 0 Å². The molecule has 106 valence electrons. The van der Waals surface area contributed by atoms with Crippen LogP contribution < -0.4 is 10.9 Å². The summed E-state index contributed by atoms with van der Waals surface area (Å²) in [6.07, 6.45) is 1.39. The highest BCUT2D eigenvalue weighted by Gasteiger charge is 2.14. The summed E-state index contributed by atoms with van der Waals surface area (Å²) in [7, 11) is 1.53. The third-order valence-electron chi connectivity index (χ3n) is 3.09. The van der Waals surface area contributed by atoms with Gasteiger partial charge in [0, 0.05) is 12.6 Å². The Morgan fingerprint density at radius 1 is 1.33 bits per heavy atom. The lowest BCUT2D eigenvalue weighted by atomic mass is 10.1. The third-order valence-corrected chi connectivity index (χ3v) is 3.91. The number of aromatic nitrogens is 3. The van der Waals surface area contributed by atoms with Crippen LogP contribution in [0.3, 0.4) is 0 Å². The van der Waals surface area contributed by atoms with E-state index in [1.54, 1.807) is 0 Å². The van der Waals surface area contributed by atoms with Gasteiger partial charge in [0.25, 0.3) is 5.56 Å². The van der Waals surface area contributed by atoms with Crippen LogP contribution in [0.1, 0.15) is 0 Å². The number of carbonyl (C=O) groups excluding carboxylic acids is 1. The SMILES string of the molecule is CNC(=O)Cn1cnc2c(-c3ccccc3)nsc2c1=O. The quantitative estimate of drug-likeness (QED) is 0.790. The first-order valence-corrected chi connectivity index (χ1v) is 7.09. The van der Waals surface area contributed by atoms with E-state index in [0.717, 1.165) is 17.1 Å². The lowest BCUT2D eigenvalue weighted by Gasteiger charge is -2.03. The van der Waals surface area contributed by atoms with Crippen molar-refractivity contribution in [3.8, 4) is 11.3 Å². The normalized spacial score (nSPS) is 10.7. The Morgan fingerprint density at radius 2 is 2.10 bits per heavy atom. The number of nitrogens with zero attached hydrogens (tertiary/aromatic N) is 3. The van der Waals surface area contributed by atoms with E-state index in [-0.39, 0.29) is 18.0 Å². The molecule has 0 spiro atoms. The number of hydrogen-bond donors (Lipinski definition) is 1. The largest absolute Gasteiger partial charge is 0.358 e. The van der Waals surface area contributed by atoms with Crippen LogP contribution in [0.4, 0.5) is 0 Å². The second kappa shape index (κ2) is 5.45. The van der Waals surface area contributed by atoms with E-state index in [2.05, 4.69) is 14.7 Å². The maximum atomic E-state index is 12.3. The molecule has 1 aromatic carbocycles. The number of hydrogen-bond acceptors (Lipinski definition) is 5. The van der Waals surface area contributed by atoms with Gasteiger partial charge in [-0.15, -0.1) is 0 Å². The molecular weight excluding hydrogens is 288 g/mol. The van der Waals surface area contributed by atoms with Crippen LogP contribution in [0.25, 0.3) is 21.5 Å². The molecule has 0 fully saturated rings. The first kappa shape index (κ1) is 13.4. The molecule has 0 radical (unpaired) electrons. The van der Waals surface area contributed by atoms with Gasteiger partial charge in [0.15, 0.2) is 0 Å². The van der Waals surface area contributed by atoms with Crippen LogP contribution in [0.15, 0.2) is 41.5 Å². The lowest BCUT2D eigenvalue weighted by Crippen LogP contribution is -2.30. The topological polar surface area (TPSA) is 76.9 Å². The van der Waals surface area contributed by atoms with E-state index in [0.29, 0.717) is 15.9 Å². The Balaban J connectivity index is 2.11. The van der Waals surface area contributed by atoms with Crippen molar-refractivity contribution in [2.45, 2.75) is 6.54 Å². The van der Waals surface area contributed by atoms with Crippen molar-refractivity contribution in [2.24, 2.45) is 0 Å². The standard InChI is InChI=1S/C14H12N4O2S/c1-15-10(19)7-18-8-16-12-11(9-5-3-2-4-6-9)17-21-13(12)14(18)20/h2-6,8H,7H2,1H3,(H,15,19). The van der Waals surface area contributed by atoms with E-state index >= 15 is 0 Å². The predicted octanol–water partition coefficient (Wildman–Crippen LogP) is 1.27. The van der Waals surface area contributed by atoms with Gasteiger partial charge in [-0.05, 0) is 11.5 Å². The van der Waals surface area contributed by atoms with Crippen LogP contribution in [-0.4, -0.2) is 26.9 Å². The maximum Gasteiger partial charge on any atom is 0.273 e. The number of nitrogens with one attached hydrogen (secondary N) is 1. The molecule has 0 aliphatic rings. The molecule has 2 heterocycles. The Hall–Kier alpha value is -2.54. The highest BCUT2D eigenvalue weighted by atomic mass is 32.1. The van der Waals surface area contributed by atoms with Gasteiger partial charge >= 0.3 is 0 Å². The van der Waals surface area contributed by atoms with Crippen molar-refractivity contribution >= 4 is 27.7 Å². The summed E-state index contributed by atoms with van der Waals surface area (Å²) in [5, 5.41) is 2.48. The van der Waals surface area contributed by atoms with Gasteiger partial charge < -0.3 is 5.32 Å². The van der Waals surface area contributed by atoms with Crippen molar-refractivity contribution in [1.82, 2.24) is 19.2 Å². The van der Waals surface area contributed by atoms with E-state index in [1.807, 2.05) is 30.3 Å². The zero-order valence-corrected chi connectivity index (χ0v) is 12.1. The Kier molecular flexibility index (Phi) is 3.49. The highest BCUT2D eigenvalue weighted by molar-refractivity contribution is 7.13. The molecule has 2 aromatic heterocycles. The summed E-state index contributed by atoms with van der Waals surface area (Å²) in [6.45, 7) is -0.0448. The molecule has 0 bridgehead atoms. The average Bonchev–Trinajstić information content (AvgIpc) is 2.95. The molecular formula is C14H12N4O2S. The summed E-state index contributed by atoms with van der Waals surface area (Å²) in [6, 6.07) is 9.58. The fourth-order valence-electron chi connectivity index (χ4n) is 1.99. The molecule has 0 unspecified atom stereocenters. The predicted molar refractivity (Wildman–Crippen MR) is 81.2 cm³/mol. The van der Waals surface area contributed by atoms with Crippen molar-refractivity contribution < 1.29 is 4.79 Å². The number of carbonyl (C=O) groups is 1. The zero-order chi connectivity index (χ0) is 14.8. The van der Waals surface area contributed by atoms with Crippen LogP contribution in [-0.2, 0) is 11.3 Å². The fraction of sp³-hybridized carbons (Fsp3) is 0.143. The Labute approximate surface area is 124 Å². The van der Waals surface area contributed by atoms with Crippen molar-refractivity contribution in [3.63, 3.8) is 0 Å². The van der Waals surface area contributed by atoms with E-state index in [4.69, 9.17) is 0 Å². The van der Waals surface area contributed by atoms with Gasteiger partial charge in [-0.25, -0.2) is 4.98 Å². The van der Waals surface area contributed by atoms with Crippen molar-refractivity contribution in [2.75, 3.05) is 7.05 Å². The van der Waals surface area contributed by atoms with Gasteiger partial charge in [0.2, 0.25) is 5.91 Å². The summed E-state index contributed by atoms with van der Waals surface area (Å²) < 4.78 is 6.08. The zero-order valence-electron chi connectivity index (χ0n) is 11.2. The number of amides is 1. The molecule has 6 nitrogen and oxygen atoms in total. The van der Waals surface area contributed by atoms with E-state index in [9.17, 15) is 9.59 Å². The van der Waals surface area contributed by atoms with Crippen LogP contribution in [0.5, 0.6) is 0 Å². The second-order valence-electron chi connectivity index (χ2n) is 4.43. The van der Waals surface area contributed by atoms with Gasteiger partial charge in [0.1, 0.15) is 22.5 Å². The summed E-state index contributed by atoms with van der Waals surface area (Å²) in [5.74, 6) is -0.244. The first-order valence-electron chi connectivity index (χ1n) is 6.31. The molecule has 1 N–H and O–H groups in total. The van der Waals surface area contributed by atoms with Crippen molar-refractivity contribution in [1.29, 1.82) is 0 Å². The van der Waals surface area contributed by atoms with Crippen LogP contribution >= 0.6 is 11.5 Å². The number of benzene rings is 1. The molecule has 1 amide bonds. The number of rotatable bonds is 3. The molecule has 0 saturated heterocycles. The van der Waals surface area contributed by atoms with Gasteiger partial charge in [-0.3, -0.25) is 14.2 Å². The molecule has 0 saturated carbocycles. The minimum atomic E-state index is -0.247. The highest BCUT2D eigenvalue weighted by Crippen LogP contribution is 2.26. The second-order valence-corrected chi connectivity index (χ2v) is 5.20. The third kappa shape index (κ3) is 2.43. The summed E-state index contributed by atoms with van der Waals surface area (Å²) in [5.41, 5.74) is 1.94. The molecule has 0 aliphatic carbocycles. The molecule has 3 rings (SSSR count). The summed E-state index contributed by atoms with van der Waals surface area (Å²) >= 11 is 1.11. The Morgan fingerprint density at radius 3 is 2.81 bits per heavy atom. The monoisotopic (exact) mass is 300 g/mol. The van der Waals surface area contributed by atoms with Crippen molar-refractivity contribution in [3.05, 3.63) is 47.0 Å². The molecule has 0 atom stereocenters. The molecule has 7 heteroatoms. The Bertz CT molecular complexity index is 854. The fourth-order valence-corrected chi connectivity index (χ4v) is 2.79. The molecule has 21 heavy (non-hydrogen) atoms. The van der Waals surface area contributed by atoms with Gasteiger partial charge in [0.05, 0.1) is 6.33 Å². The van der Waals surface area contributed by atoms with E-state index in [1.165, 1.54) is 17.9 Å². The van der Waals surface area contributed by atoms with Gasteiger partial charge in [-0.1, -0.05) is 30.3 Å². The molecule has 0 aliphatic heterocycles.